The monoisotopic (exact) mass is 356 g/mol. The zero-order valence-electron chi connectivity index (χ0n) is 13.4. The third-order valence-corrected chi connectivity index (χ3v) is 5.56. The molecule has 0 spiro atoms. The number of phenols is 2. The van der Waals surface area contributed by atoms with Crippen LogP contribution >= 0.6 is 0 Å². The molecule has 0 bridgehead atoms. The molecular formula is C18H16N2O4S. The molecule has 25 heavy (non-hydrogen) atoms. The highest BCUT2D eigenvalue weighted by Gasteiger charge is 2.14. The molecule has 3 aromatic rings. The van der Waals surface area contributed by atoms with Crippen LogP contribution in [0.2, 0.25) is 0 Å². The zero-order valence-corrected chi connectivity index (χ0v) is 14.2. The Bertz CT molecular complexity index is 1080. The van der Waals surface area contributed by atoms with Gasteiger partial charge in [-0.2, -0.15) is 0 Å². The van der Waals surface area contributed by atoms with Crippen LogP contribution in [0.1, 0.15) is 6.92 Å². The van der Waals surface area contributed by atoms with Gasteiger partial charge in [-0.25, -0.2) is 8.42 Å². The summed E-state index contributed by atoms with van der Waals surface area (Å²) >= 11 is 0. The van der Waals surface area contributed by atoms with Crippen molar-refractivity contribution in [2.45, 2.75) is 11.8 Å². The molecule has 128 valence electrons. The van der Waals surface area contributed by atoms with Crippen LogP contribution in [0, 0.1) is 0 Å². The van der Waals surface area contributed by atoms with Gasteiger partial charge in [0.05, 0.1) is 10.6 Å². The van der Waals surface area contributed by atoms with Crippen LogP contribution in [0.4, 0.5) is 11.4 Å². The average Bonchev–Trinajstić information content (AvgIpc) is 2.62. The molecule has 3 aromatic carbocycles. The number of benzene rings is 3. The number of sulfone groups is 1. The van der Waals surface area contributed by atoms with Gasteiger partial charge < -0.3 is 10.2 Å². The van der Waals surface area contributed by atoms with Crippen molar-refractivity contribution in [1.29, 1.82) is 0 Å². The summed E-state index contributed by atoms with van der Waals surface area (Å²) in [4.78, 5) is 0.0592. The molecule has 0 aliphatic carbocycles. The molecule has 3 rings (SSSR count). The maximum atomic E-state index is 12.0. The lowest BCUT2D eigenvalue weighted by Gasteiger charge is -2.05. The highest BCUT2D eigenvalue weighted by atomic mass is 32.2. The summed E-state index contributed by atoms with van der Waals surface area (Å²) < 4.78 is 23.9. The van der Waals surface area contributed by atoms with Crippen LogP contribution in [-0.2, 0) is 9.84 Å². The van der Waals surface area contributed by atoms with Crippen molar-refractivity contribution in [2.24, 2.45) is 10.2 Å². The van der Waals surface area contributed by atoms with E-state index < -0.39 is 9.84 Å². The third kappa shape index (κ3) is 3.32. The van der Waals surface area contributed by atoms with Crippen LogP contribution in [0.15, 0.2) is 69.7 Å². The summed E-state index contributed by atoms with van der Waals surface area (Å²) in [5.74, 6) is -0.309. The Morgan fingerprint density at radius 3 is 2.40 bits per heavy atom. The van der Waals surface area contributed by atoms with Crippen molar-refractivity contribution in [3.63, 3.8) is 0 Å². The number of fused-ring (bicyclic) bond motifs is 1. The van der Waals surface area contributed by atoms with E-state index in [-0.39, 0.29) is 33.5 Å². The number of azo groups is 1. The molecule has 0 fully saturated rings. The van der Waals surface area contributed by atoms with E-state index in [2.05, 4.69) is 10.2 Å². The Labute approximate surface area is 145 Å². The average molecular weight is 356 g/mol. The molecule has 7 heteroatoms. The Balaban J connectivity index is 2.09. The standard InChI is InChI=1S/C18H16N2O4S/c1-2-25(23,24)13-8-10-16(21)15(11-13)19-20-18-14-6-4-3-5-12(14)7-9-17(18)22/h3-11,21-22H,2H2,1H3/b20-19+. The lowest BCUT2D eigenvalue weighted by atomic mass is 10.1. The van der Waals surface area contributed by atoms with E-state index in [9.17, 15) is 18.6 Å². The van der Waals surface area contributed by atoms with E-state index in [0.717, 1.165) is 5.39 Å². The molecule has 0 amide bonds. The summed E-state index contributed by atoms with van der Waals surface area (Å²) in [6.07, 6.45) is 0. The smallest absolute Gasteiger partial charge is 0.178 e. The quantitative estimate of drug-likeness (QED) is 0.674. The second-order valence-electron chi connectivity index (χ2n) is 5.41. The predicted molar refractivity (Wildman–Crippen MR) is 95.6 cm³/mol. The van der Waals surface area contributed by atoms with Gasteiger partial charge in [0, 0.05) is 5.39 Å². The molecule has 0 heterocycles. The van der Waals surface area contributed by atoms with Crippen LogP contribution in [0.25, 0.3) is 10.8 Å². The maximum absolute atomic E-state index is 12.0. The normalized spacial score (nSPS) is 12.0. The third-order valence-electron chi connectivity index (χ3n) is 3.82. The summed E-state index contributed by atoms with van der Waals surface area (Å²) in [6, 6.07) is 14.5. The highest BCUT2D eigenvalue weighted by molar-refractivity contribution is 7.91. The van der Waals surface area contributed by atoms with Gasteiger partial charge >= 0.3 is 0 Å². The summed E-state index contributed by atoms with van der Waals surface area (Å²) in [7, 11) is -3.43. The minimum Gasteiger partial charge on any atom is -0.506 e. The molecule has 0 aliphatic heterocycles. The van der Waals surface area contributed by atoms with E-state index >= 15 is 0 Å². The first-order valence-electron chi connectivity index (χ1n) is 7.60. The molecule has 0 radical (unpaired) electrons. The van der Waals surface area contributed by atoms with E-state index in [1.165, 1.54) is 31.2 Å². The predicted octanol–water partition coefficient (Wildman–Crippen LogP) is 4.46. The Hall–Kier alpha value is -2.93. The van der Waals surface area contributed by atoms with E-state index in [4.69, 9.17) is 0 Å². The molecule has 2 N–H and O–H groups in total. The largest absolute Gasteiger partial charge is 0.506 e. The molecule has 0 aromatic heterocycles. The number of nitrogens with zero attached hydrogens (tertiary/aromatic N) is 2. The van der Waals surface area contributed by atoms with Gasteiger partial charge in [0.1, 0.15) is 22.9 Å². The van der Waals surface area contributed by atoms with Crippen molar-refractivity contribution in [2.75, 3.05) is 5.75 Å². The van der Waals surface area contributed by atoms with Crippen LogP contribution < -0.4 is 0 Å². The Morgan fingerprint density at radius 2 is 1.64 bits per heavy atom. The van der Waals surface area contributed by atoms with Gasteiger partial charge in [0.2, 0.25) is 0 Å². The summed E-state index contributed by atoms with van der Waals surface area (Å²) in [5, 5.41) is 29.5. The number of hydrogen-bond donors (Lipinski definition) is 2. The van der Waals surface area contributed by atoms with Gasteiger partial charge in [0.25, 0.3) is 0 Å². The molecule has 0 atom stereocenters. The van der Waals surface area contributed by atoms with E-state index in [1.54, 1.807) is 12.1 Å². The van der Waals surface area contributed by atoms with Crippen LogP contribution in [-0.4, -0.2) is 24.4 Å². The first kappa shape index (κ1) is 16.9. The lowest BCUT2D eigenvalue weighted by molar-refractivity contribution is 0.474. The second kappa shape index (κ2) is 6.52. The molecule has 0 saturated heterocycles. The van der Waals surface area contributed by atoms with Crippen molar-refractivity contribution in [3.05, 3.63) is 54.6 Å². The number of phenolic OH excluding ortho intramolecular Hbond substituents is 2. The van der Waals surface area contributed by atoms with Crippen molar-refractivity contribution >= 4 is 32.0 Å². The van der Waals surface area contributed by atoms with Gasteiger partial charge in [-0.1, -0.05) is 37.3 Å². The highest BCUT2D eigenvalue weighted by Crippen LogP contribution is 2.37. The fourth-order valence-corrected chi connectivity index (χ4v) is 3.30. The first-order valence-corrected chi connectivity index (χ1v) is 9.26. The first-order chi connectivity index (χ1) is 11.9. The number of rotatable bonds is 4. The molecule has 0 saturated carbocycles. The minimum atomic E-state index is -3.43. The minimum absolute atomic E-state index is 0.0156. The second-order valence-corrected chi connectivity index (χ2v) is 7.69. The fraction of sp³-hybridized carbons (Fsp3) is 0.111. The van der Waals surface area contributed by atoms with E-state index in [1.807, 2.05) is 18.2 Å². The Kier molecular flexibility index (Phi) is 4.41. The van der Waals surface area contributed by atoms with Gasteiger partial charge in [-0.3, -0.25) is 0 Å². The zero-order chi connectivity index (χ0) is 18.0. The van der Waals surface area contributed by atoms with Crippen LogP contribution in [0.3, 0.4) is 0 Å². The van der Waals surface area contributed by atoms with Crippen molar-refractivity contribution in [1.82, 2.24) is 0 Å². The van der Waals surface area contributed by atoms with Gasteiger partial charge in [-0.05, 0) is 29.7 Å². The van der Waals surface area contributed by atoms with Gasteiger partial charge in [-0.15, -0.1) is 10.2 Å². The van der Waals surface area contributed by atoms with Gasteiger partial charge in [0.15, 0.2) is 9.84 Å². The number of aromatic hydroxyl groups is 2. The SMILES string of the molecule is CCS(=O)(=O)c1ccc(O)c(/N=N/c2c(O)ccc3ccccc23)c1. The van der Waals surface area contributed by atoms with Crippen molar-refractivity contribution in [3.8, 4) is 11.5 Å². The van der Waals surface area contributed by atoms with E-state index in [0.29, 0.717) is 5.39 Å². The summed E-state index contributed by atoms with van der Waals surface area (Å²) in [6.45, 7) is 1.54. The van der Waals surface area contributed by atoms with Crippen LogP contribution in [0.5, 0.6) is 11.5 Å². The topological polar surface area (TPSA) is 99.3 Å². The molecule has 0 aliphatic rings. The Morgan fingerprint density at radius 1 is 0.920 bits per heavy atom. The maximum Gasteiger partial charge on any atom is 0.178 e. The summed E-state index contributed by atoms with van der Waals surface area (Å²) in [5.41, 5.74) is 0.267. The molecular weight excluding hydrogens is 340 g/mol. The lowest BCUT2D eigenvalue weighted by Crippen LogP contribution is -2.02. The molecule has 6 nitrogen and oxygen atoms in total. The number of hydrogen-bond acceptors (Lipinski definition) is 6. The fourth-order valence-electron chi connectivity index (χ4n) is 2.40. The molecule has 0 unspecified atom stereocenters. The van der Waals surface area contributed by atoms with Crippen molar-refractivity contribution < 1.29 is 18.6 Å².